The van der Waals surface area contributed by atoms with E-state index in [1.807, 2.05) is 6.26 Å². The molecule has 70 valence electrons. The van der Waals surface area contributed by atoms with Crippen molar-refractivity contribution in [3.8, 4) is 0 Å². The first-order chi connectivity index (χ1) is 5.66. The summed E-state index contributed by atoms with van der Waals surface area (Å²) in [6, 6.07) is 0.756. The van der Waals surface area contributed by atoms with Gasteiger partial charge in [0.2, 0.25) is 0 Å². The number of hydrogen-bond donors (Lipinski definition) is 0. The van der Waals surface area contributed by atoms with Crippen LogP contribution in [0.3, 0.4) is 0 Å². The van der Waals surface area contributed by atoms with E-state index in [1.165, 1.54) is 0 Å². The topological polar surface area (TPSA) is 20.3 Å². The minimum absolute atomic E-state index is 0.234. The molecule has 1 atom stereocenters. The van der Waals surface area contributed by atoms with Gasteiger partial charge in [-0.2, -0.15) is 11.8 Å². The SMILES string of the molecule is CSCC(=O)C1CCN1C(C)C. The van der Waals surface area contributed by atoms with Gasteiger partial charge in [0.15, 0.2) is 5.78 Å². The van der Waals surface area contributed by atoms with Crippen LogP contribution in [0.4, 0.5) is 0 Å². The maximum absolute atomic E-state index is 11.5. The van der Waals surface area contributed by atoms with Gasteiger partial charge in [0, 0.05) is 12.6 Å². The van der Waals surface area contributed by atoms with E-state index in [1.54, 1.807) is 11.8 Å². The van der Waals surface area contributed by atoms with Gasteiger partial charge in [0.05, 0.1) is 11.8 Å². The third-order valence-electron chi connectivity index (χ3n) is 2.38. The van der Waals surface area contributed by atoms with Crippen molar-refractivity contribution in [2.45, 2.75) is 32.4 Å². The van der Waals surface area contributed by atoms with E-state index >= 15 is 0 Å². The van der Waals surface area contributed by atoms with Crippen LogP contribution in [0.5, 0.6) is 0 Å². The summed E-state index contributed by atoms with van der Waals surface area (Å²) in [6.07, 6.45) is 3.05. The number of carbonyl (C=O) groups excluding carboxylic acids is 1. The highest BCUT2D eigenvalue weighted by Crippen LogP contribution is 2.21. The van der Waals surface area contributed by atoms with Gasteiger partial charge in [-0.25, -0.2) is 0 Å². The molecule has 1 fully saturated rings. The van der Waals surface area contributed by atoms with Crippen LogP contribution in [0.1, 0.15) is 20.3 Å². The number of nitrogens with zero attached hydrogens (tertiary/aromatic N) is 1. The standard InChI is InChI=1S/C9H17NOS/c1-7(2)10-5-4-8(10)9(11)6-12-3/h7-8H,4-6H2,1-3H3. The molecule has 1 aliphatic rings. The molecule has 1 heterocycles. The highest BCUT2D eigenvalue weighted by atomic mass is 32.2. The monoisotopic (exact) mass is 187 g/mol. The molecule has 12 heavy (non-hydrogen) atoms. The van der Waals surface area contributed by atoms with E-state index in [0.29, 0.717) is 17.6 Å². The Morgan fingerprint density at radius 3 is 2.67 bits per heavy atom. The molecular weight excluding hydrogens is 170 g/mol. The smallest absolute Gasteiger partial charge is 0.159 e. The lowest BCUT2D eigenvalue weighted by Gasteiger charge is -2.42. The molecule has 0 aromatic heterocycles. The number of hydrogen-bond acceptors (Lipinski definition) is 3. The Morgan fingerprint density at radius 2 is 2.33 bits per heavy atom. The fourth-order valence-electron chi connectivity index (χ4n) is 1.61. The minimum atomic E-state index is 0.234. The fraction of sp³-hybridized carbons (Fsp3) is 0.889. The zero-order valence-electron chi connectivity index (χ0n) is 8.04. The summed E-state index contributed by atoms with van der Waals surface area (Å²) in [7, 11) is 0. The molecule has 3 heteroatoms. The van der Waals surface area contributed by atoms with E-state index < -0.39 is 0 Å². The predicted octanol–water partition coefficient (Wildman–Crippen LogP) is 1.40. The maximum atomic E-state index is 11.5. The molecule has 0 amide bonds. The van der Waals surface area contributed by atoms with Crippen molar-refractivity contribution < 1.29 is 4.79 Å². The molecule has 1 aliphatic heterocycles. The van der Waals surface area contributed by atoms with Crippen LogP contribution in [0.25, 0.3) is 0 Å². The Bertz CT molecular complexity index is 170. The van der Waals surface area contributed by atoms with Crippen molar-refractivity contribution in [3.63, 3.8) is 0 Å². The van der Waals surface area contributed by atoms with Gasteiger partial charge in [-0.3, -0.25) is 9.69 Å². The van der Waals surface area contributed by atoms with E-state index in [9.17, 15) is 4.79 Å². The van der Waals surface area contributed by atoms with E-state index in [-0.39, 0.29) is 6.04 Å². The maximum Gasteiger partial charge on any atom is 0.159 e. The zero-order chi connectivity index (χ0) is 9.14. The normalized spacial score (nSPS) is 24.2. The summed E-state index contributed by atoms with van der Waals surface area (Å²) >= 11 is 1.62. The van der Waals surface area contributed by atoms with Crippen molar-refractivity contribution in [2.75, 3.05) is 18.6 Å². The molecule has 0 aliphatic carbocycles. The van der Waals surface area contributed by atoms with Gasteiger partial charge in [0.1, 0.15) is 0 Å². The van der Waals surface area contributed by atoms with Crippen LogP contribution in [0.2, 0.25) is 0 Å². The summed E-state index contributed by atoms with van der Waals surface area (Å²) in [5.74, 6) is 1.08. The molecule has 0 saturated carbocycles. The molecular formula is C9H17NOS. The van der Waals surface area contributed by atoms with Crippen LogP contribution >= 0.6 is 11.8 Å². The Labute approximate surface area is 78.7 Å². The lowest BCUT2D eigenvalue weighted by molar-refractivity contribution is -0.127. The van der Waals surface area contributed by atoms with E-state index in [2.05, 4.69) is 18.7 Å². The zero-order valence-corrected chi connectivity index (χ0v) is 8.86. The number of carbonyl (C=O) groups is 1. The first-order valence-electron chi connectivity index (χ1n) is 4.44. The minimum Gasteiger partial charge on any atom is -0.297 e. The van der Waals surface area contributed by atoms with Gasteiger partial charge in [-0.1, -0.05) is 0 Å². The Hall–Kier alpha value is -0.0200. The number of Topliss-reactive ketones (excluding diaryl/α,β-unsaturated/α-hetero) is 1. The first-order valence-corrected chi connectivity index (χ1v) is 5.83. The Balaban J connectivity index is 2.38. The summed E-state index contributed by atoms with van der Waals surface area (Å²) < 4.78 is 0. The van der Waals surface area contributed by atoms with E-state index in [0.717, 1.165) is 13.0 Å². The molecule has 0 spiro atoms. The molecule has 0 N–H and O–H groups in total. The number of rotatable bonds is 4. The van der Waals surface area contributed by atoms with Gasteiger partial charge in [-0.15, -0.1) is 0 Å². The second-order valence-corrected chi connectivity index (χ2v) is 4.40. The van der Waals surface area contributed by atoms with Crippen LogP contribution < -0.4 is 0 Å². The number of thioether (sulfide) groups is 1. The summed E-state index contributed by atoms with van der Waals surface area (Å²) in [5.41, 5.74) is 0. The van der Waals surface area contributed by atoms with Crippen molar-refractivity contribution in [3.05, 3.63) is 0 Å². The first kappa shape index (κ1) is 10.1. The van der Waals surface area contributed by atoms with Crippen LogP contribution in [0, 0.1) is 0 Å². The molecule has 0 bridgehead atoms. The van der Waals surface area contributed by atoms with E-state index in [4.69, 9.17) is 0 Å². The van der Waals surface area contributed by atoms with Gasteiger partial charge in [-0.05, 0) is 26.5 Å². The molecule has 0 aromatic carbocycles. The molecule has 1 rings (SSSR count). The lowest BCUT2D eigenvalue weighted by atomic mass is 9.97. The third kappa shape index (κ3) is 2.02. The van der Waals surface area contributed by atoms with Crippen LogP contribution in [-0.4, -0.2) is 41.3 Å². The van der Waals surface area contributed by atoms with Crippen LogP contribution in [0.15, 0.2) is 0 Å². The van der Waals surface area contributed by atoms with Gasteiger partial charge < -0.3 is 0 Å². The fourth-order valence-corrected chi connectivity index (χ4v) is 2.09. The van der Waals surface area contributed by atoms with Crippen molar-refractivity contribution in [1.29, 1.82) is 0 Å². The molecule has 0 aromatic rings. The van der Waals surface area contributed by atoms with Gasteiger partial charge in [0.25, 0.3) is 0 Å². The highest BCUT2D eigenvalue weighted by Gasteiger charge is 2.34. The number of ketones is 1. The summed E-state index contributed by atoms with van der Waals surface area (Å²) in [6.45, 7) is 5.40. The second-order valence-electron chi connectivity index (χ2n) is 3.54. The number of likely N-dealkylation sites (tertiary alicyclic amines) is 1. The summed E-state index contributed by atoms with van der Waals surface area (Å²) in [4.78, 5) is 13.8. The Morgan fingerprint density at radius 1 is 1.67 bits per heavy atom. The average Bonchev–Trinajstić information content (AvgIpc) is 1.82. The molecule has 2 nitrogen and oxygen atoms in total. The predicted molar refractivity (Wildman–Crippen MR) is 53.6 cm³/mol. The molecule has 1 unspecified atom stereocenters. The van der Waals surface area contributed by atoms with Crippen molar-refractivity contribution in [2.24, 2.45) is 0 Å². The molecule has 0 radical (unpaired) electrons. The second kappa shape index (κ2) is 4.28. The summed E-state index contributed by atoms with van der Waals surface area (Å²) in [5, 5.41) is 0. The van der Waals surface area contributed by atoms with Crippen molar-refractivity contribution in [1.82, 2.24) is 4.90 Å². The third-order valence-corrected chi connectivity index (χ3v) is 2.96. The highest BCUT2D eigenvalue weighted by molar-refractivity contribution is 7.99. The largest absolute Gasteiger partial charge is 0.297 e. The quantitative estimate of drug-likeness (QED) is 0.663. The molecule has 1 saturated heterocycles. The van der Waals surface area contributed by atoms with Gasteiger partial charge >= 0.3 is 0 Å². The van der Waals surface area contributed by atoms with Crippen molar-refractivity contribution >= 4 is 17.5 Å². The Kier molecular flexibility index (Phi) is 3.59. The average molecular weight is 187 g/mol. The van der Waals surface area contributed by atoms with Crippen LogP contribution in [-0.2, 0) is 4.79 Å². The lowest BCUT2D eigenvalue weighted by Crippen LogP contribution is -2.55.